The van der Waals surface area contributed by atoms with E-state index < -0.39 is 0 Å². The number of hydrogen-bond donors (Lipinski definition) is 3. The third-order valence-corrected chi connectivity index (χ3v) is 5.23. The topological polar surface area (TPSA) is 73.0 Å². The molecule has 5 heteroatoms. The Balaban J connectivity index is 1.91. The van der Waals surface area contributed by atoms with Crippen LogP contribution in [0.4, 0.5) is 17.1 Å². The summed E-state index contributed by atoms with van der Waals surface area (Å²) >= 11 is 0. The first-order valence-electron chi connectivity index (χ1n) is 7.81. The molecule has 0 fully saturated rings. The molecule has 4 N–H and O–H groups in total. The van der Waals surface area contributed by atoms with E-state index in [0.29, 0.717) is 11.4 Å². The minimum Gasteiger partial charge on any atom is -0.508 e. The molecule has 0 radical (unpaired) electrons. The van der Waals surface area contributed by atoms with Crippen molar-refractivity contribution < 1.29 is 10.2 Å². The quantitative estimate of drug-likeness (QED) is 0.515. The van der Waals surface area contributed by atoms with Crippen molar-refractivity contribution in [2.24, 2.45) is 0 Å². The Hall–Kier alpha value is -2.56. The fourth-order valence-corrected chi connectivity index (χ4v) is 3.98. The lowest BCUT2D eigenvalue weighted by Crippen LogP contribution is -2.46. The molecule has 2 aliphatic rings. The second-order valence-corrected chi connectivity index (χ2v) is 6.64. The molecule has 0 atom stereocenters. The molecule has 120 valence electrons. The summed E-state index contributed by atoms with van der Waals surface area (Å²) in [4.78, 5) is 4.56. The molecule has 0 saturated heterocycles. The maximum Gasteiger partial charge on any atom is 0.143 e. The van der Waals surface area contributed by atoms with Crippen LogP contribution < -0.4 is 15.5 Å². The first-order valence-corrected chi connectivity index (χ1v) is 7.81. The van der Waals surface area contributed by atoms with Gasteiger partial charge in [0, 0.05) is 24.3 Å². The molecule has 2 aromatic rings. The first-order chi connectivity index (χ1) is 10.9. The van der Waals surface area contributed by atoms with Gasteiger partial charge in [0.05, 0.1) is 18.0 Å². The van der Waals surface area contributed by atoms with E-state index in [9.17, 15) is 10.2 Å². The zero-order chi connectivity index (χ0) is 16.5. The summed E-state index contributed by atoms with van der Waals surface area (Å²) in [5, 5.41) is 20.3. The highest BCUT2D eigenvalue weighted by Crippen LogP contribution is 2.46. The van der Waals surface area contributed by atoms with Crippen LogP contribution in [-0.4, -0.2) is 16.9 Å². The van der Waals surface area contributed by atoms with Gasteiger partial charge < -0.3 is 25.7 Å². The Kier molecular flexibility index (Phi) is 2.73. The molecule has 2 aromatic carbocycles. The van der Waals surface area contributed by atoms with Crippen LogP contribution in [0.2, 0.25) is 0 Å². The summed E-state index contributed by atoms with van der Waals surface area (Å²) in [6.45, 7) is 8.20. The Morgan fingerprint density at radius 2 is 1.43 bits per heavy atom. The monoisotopic (exact) mass is 311 g/mol. The zero-order valence-corrected chi connectivity index (χ0v) is 13.6. The van der Waals surface area contributed by atoms with Crippen LogP contribution >= 0.6 is 0 Å². The number of phenolic OH excluding ortho intramolecular Hbond substituents is 2. The van der Waals surface area contributed by atoms with Gasteiger partial charge in [0.15, 0.2) is 0 Å². The van der Waals surface area contributed by atoms with Gasteiger partial charge in [0.25, 0.3) is 0 Å². The molecule has 2 bridgehead atoms. The number of fused-ring (bicyclic) bond motifs is 6. The summed E-state index contributed by atoms with van der Waals surface area (Å²) in [5.41, 5.74) is 13.8. The maximum absolute atomic E-state index is 10.2. The molecular formula is C18H21N3O2. The summed E-state index contributed by atoms with van der Waals surface area (Å²) in [5.74, 6) is 0.520. The van der Waals surface area contributed by atoms with Crippen LogP contribution in [0.25, 0.3) is 0 Å². The molecule has 23 heavy (non-hydrogen) atoms. The van der Waals surface area contributed by atoms with E-state index >= 15 is 0 Å². The smallest absolute Gasteiger partial charge is 0.143 e. The van der Waals surface area contributed by atoms with Gasteiger partial charge >= 0.3 is 0 Å². The van der Waals surface area contributed by atoms with Gasteiger partial charge in [0.2, 0.25) is 0 Å². The Bertz CT molecular complexity index is 776. The molecular weight excluding hydrogens is 290 g/mol. The summed E-state index contributed by atoms with van der Waals surface area (Å²) in [7, 11) is 0. The van der Waals surface area contributed by atoms with Crippen molar-refractivity contribution in [3.63, 3.8) is 0 Å². The SMILES string of the molecule is Cc1c(O)cc2c(c1C)N1Cc3cc(N)c(O)c(C)c3N(C2)C1. The normalized spacial score (nSPS) is 15.4. The lowest BCUT2D eigenvalue weighted by atomic mass is 9.94. The molecule has 0 aromatic heterocycles. The second kappa shape index (κ2) is 4.47. The van der Waals surface area contributed by atoms with Crippen LogP contribution in [-0.2, 0) is 13.1 Å². The van der Waals surface area contributed by atoms with E-state index in [-0.39, 0.29) is 5.75 Å². The highest BCUT2D eigenvalue weighted by atomic mass is 16.3. The molecule has 2 heterocycles. The fraction of sp³-hybridized carbons (Fsp3) is 0.333. The van der Waals surface area contributed by atoms with Crippen LogP contribution in [0.5, 0.6) is 11.5 Å². The standard InChI is InChI=1S/C18H21N3O2/c1-9-10(2)16-13(5-15(9)22)7-21-8-20(16)6-12-4-14(19)18(23)11(3)17(12)21/h4-5,22-23H,6-8,19H2,1-3H3. The molecule has 0 unspecified atom stereocenters. The van der Waals surface area contributed by atoms with Crippen molar-refractivity contribution in [2.45, 2.75) is 33.9 Å². The zero-order valence-electron chi connectivity index (χ0n) is 13.6. The van der Waals surface area contributed by atoms with Crippen molar-refractivity contribution in [3.05, 3.63) is 39.9 Å². The molecule has 0 amide bonds. The van der Waals surface area contributed by atoms with Crippen LogP contribution in [0.15, 0.2) is 12.1 Å². The first kappa shape index (κ1) is 14.1. The highest BCUT2D eigenvalue weighted by molar-refractivity contribution is 5.78. The fourth-order valence-electron chi connectivity index (χ4n) is 3.98. The average molecular weight is 311 g/mol. The molecule has 0 aliphatic carbocycles. The second-order valence-electron chi connectivity index (χ2n) is 6.64. The van der Waals surface area contributed by atoms with E-state index in [1.54, 1.807) is 0 Å². The van der Waals surface area contributed by atoms with E-state index in [2.05, 4.69) is 16.7 Å². The third kappa shape index (κ3) is 1.79. The van der Waals surface area contributed by atoms with Crippen LogP contribution in [0, 0.1) is 20.8 Å². The van der Waals surface area contributed by atoms with Gasteiger partial charge in [-0.05, 0) is 55.2 Å². The van der Waals surface area contributed by atoms with Crippen molar-refractivity contribution in [1.82, 2.24) is 0 Å². The van der Waals surface area contributed by atoms with E-state index in [1.165, 1.54) is 5.69 Å². The number of hydrogen-bond acceptors (Lipinski definition) is 5. The van der Waals surface area contributed by atoms with Crippen LogP contribution in [0.3, 0.4) is 0 Å². The molecule has 5 nitrogen and oxygen atoms in total. The van der Waals surface area contributed by atoms with E-state index in [0.717, 1.165) is 53.3 Å². The predicted molar refractivity (Wildman–Crippen MR) is 92.1 cm³/mol. The lowest BCUT2D eigenvalue weighted by Gasteiger charge is -2.46. The minimum absolute atomic E-state index is 0.172. The molecule has 0 spiro atoms. The van der Waals surface area contributed by atoms with Crippen molar-refractivity contribution in [3.8, 4) is 11.5 Å². The van der Waals surface area contributed by atoms with Gasteiger partial charge in [0.1, 0.15) is 11.5 Å². The Morgan fingerprint density at radius 3 is 2.09 bits per heavy atom. The lowest BCUT2D eigenvalue weighted by molar-refractivity contribution is 0.467. The Labute approximate surface area is 135 Å². The largest absolute Gasteiger partial charge is 0.508 e. The van der Waals surface area contributed by atoms with Crippen LogP contribution in [0.1, 0.15) is 27.8 Å². The van der Waals surface area contributed by atoms with Gasteiger partial charge in [-0.1, -0.05) is 0 Å². The van der Waals surface area contributed by atoms with E-state index in [4.69, 9.17) is 5.73 Å². The number of rotatable bonds is 0. The number of nitrogens with zero attached hydrogens (tertiary/aromatic N) is 2. The van der Waals surface area contributed by atoms with Gasteiger partial charge in [-0.3, -0.25) is 0 Å². The highest BCUT2D eigenvalue weighted by Gasteiger charge is 2.33. The number of anilines is 3. The average Bonchev–Trinajstić information content (AvgIpc) is 2.50. The summed E-state index contributed by atoms with van der Waals surface area (Å²) in [6, 6.07) is 3.75. The summed E-state index contributed by atoms with van der Waals surface area (Å²) < 4.78 is 0. The van der Waals surface area contributed by atoms with Crippen molar-refractivity contribution in [2.75, 3.05) is 22.2 Å². The number of benzene rings is 2. The van der Waals surface area contributed by atoms with Crippen molar-refractivity contribution in [1.29, 1.82) is 0 Å². The number of nitrogens with two attached hydrogens (primary N) is 1. The number of aromatic hydroxyl groups is 2. The number of phenols is 2. The molecule has 4 rings (SSSR count). The minimum atomic E-state index is 0.172. The maximum atomic E-state index is 10.2. The predicted octanol–water partition coefficient (Wildman–Crippen LogP) is 2.90. The van der Waals surface area contributed by atoms with Gasteiger partial charge in [-0.25, -0.2) is 0 Å². The van der Waals surface area contributed by atoms with E-state index in [1.807, 2.05) is 26.0 Å². The van der Waals surface area contributed by atoms with Crippen molar-refractivity contribution >= 4 is 17.1 Å². The van der Waals surface area contributed by atoms with Gasteiger partial charge in [-0.2, -0.15) is 0 Å². The number of nitrogen functional groups attached to an aromatic ring is 1. The third-order valence-electron chi connectivity index (χ3n) is 5.23. The Morgan fingerprint density at radius 1 is 0.870 bits per heavy atom. The summed E-state index contributed by atoms with van der Waals surface area (Å²) in [6.07, 6.45) is 0. The molecule has 0 saturated carbocycles. The molecule has 2 aliphatic heterocycles. The van der Waals surface area contributed by atoms with Gasteiger partial charge in [-0.15, -0.1) is 0 Å².